The van der Waals surface area contributed by atoms with Crippen molar-refractivity contribution in [3.8, 4) is 16.9 Å². The minimum atomic E-state index is -3.57. The standard InChI is InChI=1S/C17H18ClFN2O5S/c1-4-26-16-12(9(2)21-17(22)23)6-13(18)15(19)14(16)10-5-11(8-20-7-10)27(3,24)25/h5-9,21H,4H2,1-3H3,(H,22,23). The Labute approximate surface area is 161 Å². The van der Waals surface area contributed by atoms with Crippen LogP contribution in [0.5, 0.6) is 5.75 Å². The van der Waals surface area contributed by atoms with Gasteiger partial charge in [0.25, 0.3) is 0 Å². The molecule has 1 atom stereocenters. The zero-order valence-corrected chi connectivity index (χ0v) is 16.4. The third kappa shape index (κ3) is 4.67. The number of benzene rings is 1. The molecule has 146 valence electrons. The fourth-order valence-corrected chi connectivity index (χ4v) is 3.33. The van der Waals surface area contributed by atoms with E-state index in [0.29, 0.717) is 5.56 Å². The van der Waals surface area contributed by atoms with Gasteiger partial charge in [0.1, 0.15) is 5.75 Å². The molecule has 0 aliphatic carbocycles. The second-order valence-corrected chi connectivity index (χ2v) is 8.17. The number of amides is 1. The van der Waals surface area contributed by atoms with Gasteiger partial charge in [-0.3, -0.25) is 4.98 Å². The van der Waals surface area contributed by atoms with Crippen LogP contribution in [0.25, 0.3) is 11.1 Å². The van der Waals surface area contributed by atoms with Crippen LogP contribution in [0.1, 0.15) is 25.5 Å². The average Bonchev–Trinajstić information content (AvgIpc) is 2.57. The maximum absolute atomic E-state index is 14.9. The first kappa shape index (κ1) is 20.9. The van der Waals surface area contributed by atoms with Gasteiger partial charge in [-0.25, -0.2) is 17.6 Å². The van der Waals surface area contributed by atoms with E-state index in [1.54, 1.807) is 13.8 Å². The molecule has 0 saturated carbocycles. The molecular formula is C17H18ClFN2O5S. The predicted molar refractivity (Wildman–Crippen MR) is 98.5 cm³/mol. The summed E-state index contributed by atoms with van der Waals surface area (Å²) in [6, 6.07) is 1.78. The second kappa shape index (κ2) is 8.10. The molecule has 0 bridgehead atoms. The summed E-state index contributed by atoms with van der Waals surface area (Å²) in [7, 11) is -3.57. The first-order chi connectivity index (χ1) is 12.6. The van der Waals surface area contributed by atoms with Gasteiger partial charge in [-0.05, 0) is 26.0 Å². The Kier molecular flexibility index (Phi) is 6.27. The molecule has 1 aromatic carbocycles. The summed E-state index contributed by atoms with van der Waals surface area (Å²) in [5, 5.41) is 11.0. The predicted octanol–water partition coefficient (Wildman–Crippen LogP) is 3.67. The molecule has 1 aromatic heterocycles. The Morgan fingerprint density at radius 3 is 2.63 bits per heavy atom. The van der Waals surface area contributed by atoms with Gasteiger partial charge in [-0.15, -0.1) is 0 Å². The van der Waals surface area contributed by atoms with Gasteiger partial charge in [0.2, 0.25) is 0 Å². The number of halogens is 2. The molecule has 0 radical (unpaired) electrons. The number of carboxylic acid groups (broad SMARTS) is 1. The summed E-state index contributed by atoms with van der Waals surface area (Å²) in [5.74, 6) is -0.757. The van der Waals surface area contributed by atoms with Crippen molar-refractivity contribution in [1.29, 1.82) is 0 Å². The molecule has 0 saturated heterocycles. The summed E-state index contributed by atoms with van der Waals surface area (Å²) in [6.45, 7) is 3.40. The third-order valence-electron chi connectivity index (χ3n) is 3.73. The van der Waals surface area contributed by atoms with Crippen LogP contribution in [-0.2, 0) is 9.84 Å². The van der Waals surface area contributed by atoms with Crippen LogP contribution in [0.15, 0.2) is 29.4 Å². The zero-order valence-electron chi connectivity index (χ0n) is 14.8. The number of nitrogens with zero attached hydrogens (tertiary/aromatic N) is 1. The van der Waals surface area contributed by atoms with Gasteiger partial charge in [-0.1, -0.05) is 11.6 Å². The molecule has 27 heavy (non-hydrogen) atoms. The monoisotopic (exact) mass is 416 g/mol. The minimum absolute atomic E-state index is 0.0631. The summed E-state index contributed by atoms with van der Waals surface area (Å²) in [6.07, 6.45) is 2.17. The number of aromatic nitrogens is 1. The SMILES string of the molecule is CCOc1c(C(C)NC(=O)O)cc(Cl)c(F)c1-c1cncc(S(C)(=O)=O)c1. The normalized spacial score (nSPS) is 12.5. The van der Waals surface area contributed by atoms with Crippen molar-refractivity contribution in [3.05, 3.63) is 40.9 Å². The Hall–Kier alpha value is -2.39. The van der Waals surface area contributed by atoms with E-state index in [2.05, 4.69) is 10.3 Å². The molecule has 7 nitrogen and oxygen atoms in total. The molecule has 0 aliphatic rings. The maximum Gasteiger partial charge on any atom is 0.405 e. The molecule has 0 aliphatic heterocycles. The number of hydrogen-bond donors (Lipinski definition) is 2. The topological polar surface area (TPSA) is 106 Å². The Morgan fingerprint density at radius 2 is 2.07 bits per heavy atom. The third-order valence-corrected chi connectivity index (χ3v) is 5.08. The number of carbonyl (C=O) groups is 1. The molecule has 0 fully saturated rings. The highest BCUT2D eigenvalue weighted by atomic mass is 35.5. The number of sulfone groups is 1. The lowest BCUT2D eigenvalue weighted by Gasteiger charge is -2.21. The van der Waals surface area contributed by atoms with E-state index in [9.17, 15) is 17.6 Å². The van der Waals surface area contributed by atoms with Crippen LogP contribution >= 0.6 is 11.6 Å². The van der Waals surface area contributed by atoms with Crippen LogP contribution in [-0.4, -0.2) is 37.5 Å². The number of rotatable bonds is 6. The van der Waals surface area contributed by atoms with Crippen molar-refractivity contribution in [2.24, 2.45) is 0 Å². The van der Waals surface area contributed by atoms with Gasteiger partial charge in [-0.2, -0.15) is 0 Å². The molecule has 1 amide bonds. The van der Waals surface area contributed by atoms with Crippen LogP contribution in [0, 0.1) is 5.82 Å². The van der Waals surface area contributed by atoms with Crippen molar-refractivity contribution < 1.29 is 27.4 Å². The number of hydrogen-bond acceptors (Lipinski definition) is 5. The van der Waals surface area contributed by atoms with Gasteiger partial charge in [0.05, 0.1) is 28.1 Å². The molecule has 2 N–H and O–H groups in total. The molecule has 1 heterocycles. The largest absolute Gasteiger partial charge is 0.493 e. The lowest BCUT2D eigenvalue weighted by molar-refractivity contribution is 0.190. The zero-order chi connectivity index (χ0) is 20.4. The fourth-order valence-electron chi connectivity index (χ4n) is 2.53. The van der Waals surface area contributed by atoms with Crippen molar-refractivity contribution in [2.45, 2.75) is 24.8 Å². The van der Waals surface area contributed by atoms with Gasteiger partial charge in [0.15, 0.2) is 15.7 Å². The summed E-state index contributed by atoms with van der Waals surface area (Å²) in [4.78, 5) is 14.7. The van der Waals surface area contributed by atoms with E-state index in [1.165, 1.54) is 18.3 Å². The Balaban J connectivity index is 2.78. The number of pyridine rings is 1. The number of ether oxygens (including phenoxy) is 1. The quantitative estimate of drug-likeness (QED) is 0.744. The molecule has 2 aromatic rings. The summed E-state index contributed by atoms with van der Waals surface area (Å²) in [5.41, 5.74) is 0.368. The summed E-state index contributed by atoms with van der Waals surface area (Å²) < 4.78 is 44.1. The van der Waals surface area contributed by atoms with E-state index < -0.39 is 27.8 Å². The Morgan fingerprint density at radius 1 is 1.41 bits per heavy atom. The molecule has 2 rings (SSSR count). The Bertz CT molecular complexity index is 982. The average molecular weight is 417 g/mol. The van der Waals surface area contributed by atoms with Crippen LogP contribution in [0.4, 0.5) is 9.18 Å². The molecule has 10 heteroatoms. The first-order valence-corrected chi connectivity index (χ1v) is 10.1. The highest BCUT2D eigenvalue weighted by molar-refractivity contribution is 7.90. The van der Waals surface area contributed by atoms with E-state index in [0.717, 1.165) is 12.5 Å². The van der Waals surface area contributed by atoms with E-state index in [4.69, 9.17) is 21.4 Å². The van der Waals surface area contributed by atoms with Crippen molar-refractivity contribution >= 4 is 27.5 Å². The highest BCUT2D eigenvalue weighted by Crippen LogP contribution is 2.42. The van der Waals surface area contributed by atoms with Crippen molar-refractivity contribution in [3.63, 3.8) is 0 Å². The summed E-state index contributed by atoms with van der Waals surface area (Å²) >= 11 is 6.01. The lowest BCUT2D eigenvalue weighted by atomic mass is 9.98. The maximum atomic E-state index is 14.9. The minimum Gasteiger partial charge on any atom is -0.493 e. The second-order valence-electron chi connectivity index (χ2n) is 5.75. The van der Waals surface area contributed by atoms with E-state index in [-0.39, 0.29) is 33.4 Å². The van der Waals surface area contributed by atoms with Crippen molar-refractivity contribution in [2.75, 3.05) is 12.9 Å². The fraction of sp³-hybridized carbons (Fsp3) is 0.294. The smallest absolute Gasteiger partial charge is 0.405 e. The van der Waals surface area contributed by atoms with Gasteiger partial charge < -0.3 is 15.2 Å². The first-order valence-electron chi connectivity index (χ1n) is 7.85. The number of nitrogens with one attached hydrogen (secondary N) is 1. The van der Waals surface area contributed by atoms with Crippen LogP contribution in [0.2, 0.25) is 5.02 Å². The van der Waals surface area contributed by atoms with E-state index in [1.807, 2.05) is 0 Å². The van der Waals surface area contributed by atoms with Crippen LogP contribution in [0.3, 0.4) is 0 Å². The molecule has 0 spiro atoms. The van der Waals surface area contributed by atoms with Crippen molar-refractivity contribution in [1.82, 2.24) is 10.3 Å². The van der Waals surface area contributed by atoms with E-state index >= 15 is 0 Å². The van der Waals surface area contributed by atoms with Gasteiger partial charge >= 0.3 is 6.09 Å². The highest BCUT2D eigenvalue weighted by Gasteiger charge is 2.25. The molecular weight excluding hydrogens is 399 g/mol. The van der Waals surface area contributed by atoms with Crippen LogP contribution < -0.4 is 10.1 Å². The van der Waals surface area contributed by atoms with Gasteiger partial charge in [0, 0.05) is 29.8 Å². The molecule has 1 unspecified atom stereocenters. The lowest BCUT2D eigenvalue weighted by Crippen LogP contribution is -2.25.